The molecular formula is C32H40O4Si. The van der Waals surface area contributed by atoms with E-state index in [9.17, 15) is 4.79 Å². The van der Waals surface area contributed by atoms with Gasteiger partial charge in [0.25, 0.3) is 8.32 Å². The predicted molar refractivity (Wildman–Crippen MR) is 152 cm³/mol. The summed E-state index contributed by atoms with van der Waals surface area (Å²) in [6, 6.07) is 31.7. The van der Waals surface area contributed by atoms with Crippen molar-refractivity contribution >= 4 is 24.7 Å². The number of carbonyl (C=O) groups excluding carboxylic acids is 1. The van der Waals surface area contributed by atoms with E-state index in [0.29, 0.717) is 26.1 Å². The molecule has 1 saturated heterocycles. The molecule has 0 amide bonds. The lowest BCUT2D eigenvalue weighted by atomic mass is 10.0. The second kappa shape index (κ2) is 12.7. The summed E-state index contributed by atoms with van der Waals surface area (Å²) in [5, 5.41) is 2.39. The van der Waals surface area contributed by atoms with Crippen molar-refractivity contribution < 1.29 is 18.7 Å². The van der Waals surface area contributed by atoms with E-state index in [1.807, 2.05) is 18.2 Å². The zero-order chi connectivity index (χ0) is 26.1. The molecule has 2 atom stereocenters. The number of esters is 1. The van der Waals surface area contributed by atoms with Gasteiger partial charge in [0, 0.05) is 19.4 Å². The highest BCUT2D eigenvalue weighted by Gasteiger charge is 2.51. The predicted octanol–water partition coefficient (Wildman–Crippen LogP) is 6.02. The van der Waals surface area contributed by atoms with Crippen LogP contribution in [0.15, 0.2) is 91.0 Å². The molecule has 0 N–H and O–H groups in total. The van der Waals surface area contributed by atoms with E-state index >= 15 is 0 Å². The molecule has 0 bridgehead atoms. The Morgan fingerprint density at radius 3 is 2.00 bits per heavy atom. The van der Waals surface area contributed by atoms with Gasteiger partial charge >= 0.3 is 5.97 Å². The molecule has 3 aromatic carbocycles. The van der Waals surface area contributed by atoms with Gasteiger partial charge in [-0.25, -0.2) is 0 Å². The minimum Gasteiger partial charge on any atom is -0.462 e. The van der Waals surface area contributed by atoms with Crippen LogP contribution in [0.2, 0.25) is 5.04 Å². The molecule has 0 aromatic heterocycles. The second-order valence-corrected chi connectivity index (χ2v) is 15.2. The fourth-order valence-electron chi connectivity index (χ4n) is 5.38. The lowest BCUT2D eigenvalue weighted by Gasteiger charge is -2.45. The Bertz CT molecular complexity index is 1060. The lowest BCUT2D eigenvalue weighted by molar-refractivity contribution is -0.155. The van der Waals surface area contributed by atoms with Gasteiger partial charge in [-0.05, 0) is 40.2 Å². The summed E-state index contributed by atoms with van der Waals surface area (Å²) in [6.07, 6.45) is 3.49. The van der Waals surface area contributed by atoms with Crippen molar-refractivity contribution in [3.05, 3.63) is 96.6 Å². The van der Waals surface area contributed by atoms with Gasteiger partial charge < -0.3 is 13.9 Å². The average molecular weight is 517 g/mol. The van der Waals surface area contributed by atoms with Crippen LogP contribution >= 0.6 is 0 Å². The summed E-state index contributed by atoms with van der Waals surface area (Å²) in [4.78, 5) is 12.1. The molecule has 1 aliphatic rings. The maximum Gasteiger partial charge on any atom is 0.306 e. The summed E-state index contributed by atoms with van der Waals surface area (Å²) in [6.45, 7) is 8.04. The summed E-state index contributed by atoms with van der Waals surface area (Å²) in [5.41, 5.74) is 1.16. The molecule has 4 rings (SSSR count). The fraction of sp³-hybridized carbons (Fsp3) is 0.406. The third-order valence-electron chi connectivity index (χ3n) is 7.19. The molecule has 5 heteroatoms. The van der Waals surface area contributed by atoms with Gasteiger partial charge in [0.15, 0.2) is 0 Å². The molecule has 4 nitrogen and oxygen atoms in total. The van der Waals surface area contributed by atoms with E-state index < -0.39 is 8.32 Å². The van der Waals surface area contributed by atoms with Crippen molar-refractivity contribution in [2.75, 3.05) is 6.61 Å². The smallest absolute Gasteiger partial charge is 0.306 e. The quantitative estimate of drug-likeness (QED) is 0.177. The molecule has 0 spiro atoms. The van der Waals surface area contributed by atoms with E-state index in [1.54, 1.807) is 0 Å². The van der Waals surface area contributed by atoms with Gasteiger partial charge in [-0.2, -0.15) is 0 Å². The number of carbonyl (C=O) groups is 1. The van der Waals surface area contributed by atoms with Gasteiger partial charge in [-0.3, -0.25) is 4.79 Å². The standard InChI is InChI=1S/C32H40O4Si/c1-32(2,3)37(29-17-9-5-10-18-29,30-19-11-6-12-20-30)36-28(24-27-16-13-21-31(33)35-27)22-23-34-25-26-14-7-4-8-15-26/h4-12,14-15,17-20,27-28H,13,16,21-25H2,1-3H3/t27?,28-/m0/s1. The van der Waals surface area contributed by atoms with Crippen LogP contribution in [0, 0.1) is 0 Å². The van der Waals surface area contributed by atoms with Crippen LogP contribution in [0.5, 0.6) is 0 Å². The van der Waals surface area contributed by atoms with E-state index in [-0.39, 0.29) is 23.2 Å². The number of hydrogen-bond acceptors (Lipinski definition) is 4. The third kappa shape index (κ3) is 6.98. The highest BCUT2D eigenvalue weighted by Crippen LogP contribution is 2.38. The van der Waals surface area contributed by atoms with Crippen LogP contribution < -0.4 is 10.4 Å². The molecule has 1 aliphatic heterocycles. The Balaban J connectivity index is 1.63. The summed E-state index contributed by atoms with van der Waals surface area (Å²) < 4.78 is 19.3. The molecular weight excluding hydrogens is 476 g/mol. The molecule has 1 heterocycles. The lowest BCUT2D eigenvalue weighted by Crippen LogP contribution is -2.68. The molecule has 1 fully saturated rings. The highest BCUT2D eigenvalue weighted by molar-refractivity contribution is 6.99. The van der Waals surface area contributed by atoms with Gasteiger partial charge in [0.2, 0.25) is 0 Å². The zero-order valence-corrected chi connectivity index (χ0v) is 23.4. The van der Waals surface area contributed by atoms with E-state index in [2.05, 4.69) is 93.6 Å². The number of cyclic esters (lactones) is 1. The van der Waals surface area contributed by atoms with Gasteiger partial charge in [-0.1, -0.05) is 112 Å². The third-order valence-corrected chi connectivity index (χ3v) is 12.3. The van der Waals surface area contributed by atoms with Crippen molar-refractivity contribution in [1.29, 1.82) is 0 Å². The number of rotatable bonds is 11. The van der Waals surface area contributed by atoms with Crippen LogP contribution in [0.1, 0.15) is 58.4 Å². The van der Waals surface area contributed by atoms with Crippen molar-refractivity contribution in [3.63, 3.8) is 0 Å². The van der Waals surface area contributed by atoms with Crippen molar-refractivity contribution in [2.24, 2.45) is 0 Å². The largest absolute Gasteiger partial charge is 0.462 e. The van der Waals surface area contributed by atoms with Gasteiger partial charge in [0.05, 0.1) is 12.7 Å². The number of ether oxygens (including phenoxy) is 2. The van der Waals surface area contributed by atoms with Crippen LogP contribution in [-0.4, -0.2) is 33.1 Å². The topological polar surface area (TPSA) is 44.8 Å². The molecule has 0 radical (unpaired) electrons. The minimum atomic E-state index is -2.73. The molecule has 37 heavy (non-hydrogen) atoms. The van der Waals surface area contributed by atoms with Gasteiger partial charge in [-0.15, -0.1) is 0 Å². The molecule has 3 aromatic rings. The molecule has 0 aliphatic carbocycles. The fourth-order valence-corrected chi connectivity index (χ4v) is 10.1. The molecule has 0 saturated carbocycles. The zero-order valence-electron chi connectivity index (χ0n) is 22.4. The Labute approximate surface area is 223 Å². The van der Waals surface area contributed by atoms with Crippen molar-refractivity contribution in [2.45, 2.75) is 76.7 Å². The average Bonchev–Trinajstić information content (AvgIpc) is 2.90. The van der Waals surface area contributed by atoms with Crippen LogP contribution in [0.25, 0.3) is 0 Å². The normalized spacial score (nSPS) is 17.3. The van der Waals surface area contributed by atoms with E-state index in [0.717, 1.165) is 24.8 Å². The maximum absolute atomic E-state index is 12.1. The first-order valence-corrected chi connectivity index (χ1v) is 15.4. The second-order valence-electron chi connectivity index (χ2n) is 11.0. The van der Waals surface area contributed by atoms with Crippen LogP contribution in [-0.2, 0) is 25.3 Å². The van der Waals surface area contributed by atoms with E-state index in [1.165, 1.54) is 10.4 Å². The first-order chi connectivity index (χ1) is 17.9. The summed E-state index contributed by atoms with van der Waals surface area (Å²) >= 11 is 0. The van der Waals surface area contributed by atoms with E-state index in [4.69, 9.17) is 13.9 Å². The molecule has 1 unspecified atom stereocenters. The Hall–Kier alpha value is -2.73. The Kier molecular flexibility index (Phi) is 9.36. The van der Waals surface area contributed by atoms with Crippen LogP contribution in [0.3, 0.4) is 0 Å². The highest BCUT2D eigenvalue weighted by atomic mass is 28.4. The Morgan fingerprint density at radius 1 is 0.892 bits per heavy atom. The molecule has 196 valence electrons. The number of benzene rings is 3. The van der Waals surface area contributed by atoms with Crippen molar-refractivity contribution in [3.8, 4) is 0 Å². The van der Waals surface area contributed by atoms with Gasteiger partial charge in [0.1, 0.15) is 6.10 Å². The number of hydrogen-bond donors (Lipinski definition) is 0. The first kappa shape index (κ1) is 27.3. The van der Waals surface area contributed by atoms with Crippen molar-refractivity contribution in [1.82, 2.24) is 0 Å². The monoisotopic (exact) mass is 516 g/mol. The van der Waals surface area contributed by atoms with Crippen LogP contribution in [0.4, 0.5) is 0 Å². The first-order valence-electron chi connectivity index (χ1n) is 13.5. The summed E-state index contributed by atoms with van der Waals surface area (Å²) in [5.74, 6) is -0.0965. The minimum absolute atomic E-state index is 0.0965. The SMILES string of the molecule is CC(C)(C)[Si](O[C@@H](CCOCc1ccccc1)CC1CCCC(=O)O1)(c1ccccc1)c1ccccc1. The maximum atomic E-state index is 12.1. The Morgan fingerprint density at radius 2 is 1.46 bits per heavy atom. The summed E-state index contributed by atoms with van der Waals surface area (Å²) in [7, 11) is -2.73.